The van der Waals surface area contributed by atoms with Gasteiger partial charge in [-0.25, -0.2) is 0 Å². The van der Waals surface area contributed by atoms with Crippen LogP contribution in [-0.2, 0) is 9.53 Å². The van der Waals surface area contributed by atoms with Crippen LogP contribution < -0.4 is 11.1 Å². The van der Waals surface area contributed by atoms with Crippen molar-refractivity contribution in [2.45, 2.75) is 38.3 Å². The number of carbonyl (C=O) groups excluding carboxylic acids is 1. The zero-order valence-corrected chi connectivity index (χ0v) is 8.95. The lowest BCUT2D eigenvalue weighted by Crippen LogP contribution is -2.42. The first-order valence-electron chi connectivity index (χ1n) is 5.20. The first kappa shape index (κ1) is 11.5. The average molecular weight is 200 g/mol. The van der Waals surface area contributed by atoms with Crippen LogP contribution in [0.1, 0.15) is 26.2 Å². The van der Waals surface area contributed by atoms with Crippen molar-refractivity contribution in [3.8, 4) is 0 Å². The van der Waals surface area contributed by atoms with E-state index >= 15 is 0 Å². The number of hydrogen-bond donors (Lipinski definition) is 2. The monoisotopic (exact) mass is 200 g/mol. The minimum atomic E-state index is -0.377. The van der Waals surface area contributed by atoms with Crippen molar-refractivity contribution in [2.75, 3.05) is 13.7 Å². The SMILES string of the molecule is COCCCC(N)C(=O)NC1CC1C. The maximum atomic E-state index is 11.5. The van der Waals surface area contributed by atoms with Gasteiger partial charge in [-0.3, -0.25) is 4.79 Å². The fourth-order valence-corrected chi connectivity index (χ4v) is 1.39. The van der Waals surface area contributed by atoms with Crippen molar-refractivity contribution in [1.82, 2.24) is 5.32 Å². The summed E-state index contributed by atoms with van der Waals surface area (Å²) in [7, 11) is 1.65. The molecule has 1 aliphatic carbocycles. The first-order valence-corrected chi connectivity index (χ1v) is 5.20. The summed E-state index contributed by atoms with van der Waals surface area (Å²) in [6, 6.07) is -0.00562. The average Bonchev–Trinajstić information content (AvgIpc) is 2.82. The van der Waals surface area contributed by atoms with Crippen LogP contribution in [0, 0.1) is 5.92 Å². The summed E-state index contributed by atoms with van der Waals surface area (Å²) in [5.41, 5.74) is 5.71. The van der Waals surface area contributed by atoms with E-state index in [-0.39, 0.29) is 11.9 Å². The second-order valence-electron chi connectivity index (χ2n) is 4.07. The molecule has 4 heteroatoms. The van der Waals surface area contributed by atoms with Gasteiger partial charge in [-0.15, -0.1) is 0 Å². The predicted octanol–water partition coefficient (Wildman–Crippen LogP) is 0.265. The highest BCUT2D eigenvalue weighted by Crippen LogP contribution is 2.28. The molecule has 0 aliphatic heterocycles. The molecule has 0 heterocycles. The molecule has 3 N–H and O–H groups in total. The van der Waals surface area contributed by atoms with Crippen molar-refractivity contribution < 1.29 is 9.53 Å². The Balaban J connectivity index is 2.09. The molecule has 0 bridgehead atoms. The molecule has 3 atom stereocenters. The maximum Gasteiger partial charge on any atom is 0.237 e. The molecule has 0 spiro atoms. The van der Waals surface area contributed by atoms with Gasteiger partial charge in [-0.1, -0.05) is 6.92 Å². The van der Waals surface area contributed by atoms with E-state index in [1.807, 2.05) is 0 Å². The fourth-order valence-electron chi connectivity index (χ4n) is 1.39. The molecule has 0 aromatic rings. The number of ether oxygens (including phenoxy) is 1. The second kappa shape index (κ2) is 5.32. The maximum absolute atomic E-state index is 11.5. The van der Waals surface area contributed by atoms with Gasteiger partial charge in [0.1, 0.15) is 0 Å². The molecule has 1 fully saturated rings. The van der Waals surface area contributed by atoms with Crippen molar-refractivity contribution in [1.29, 1.82) is 0 Å². The topological polar surface area (TPSA) is 64.3 Å². The molecule has 1 aliphatic rings. The number of nitrogens with one attached hydrogen (secondary N) is 1. The van der Waals surface area contributed by atoms with Gasteiger partial charge in [0.15, 0.2) is 0 Å². The van der Waals surface area contributed by atoms with Gasteiger partial charge in [-0.05, 0) is 25.2 Å². The van der Waals surface area contributed by atoms with Crippen molar-refractivity contribution in [3.63, 3.8) is 0 Å². The van der Waals surface area contributed by atoms with Crippen LogP contribution in [0.15, 0.2) is 0 Å². The molecule has 14 heavy (non-hydrogen) atoms. The third kappa shape index (κ3) is 3.64. The number of methoxy groups -OCH3 is 1. The van der Waals surface area contributed by atoms with E-state index in [1.165, 1.54) is 0 Å². The van der Waals surface area contributed by atoms with Crippen LogP contribution in [0.4, 0.5) is 0 Å². The summed E-state index contributed by atoms with van der Waals surface area (Å²) < 4.78 is 4.90. The van der Waals surface area contributed by atoms with E-state index in [0.29, 0.717) is 25.0 Å². The summed E-state index contributed by atoms with van der Waals surface area (Å²) in [5.74, 6) is 0.612. The van der Waals surface area contributed by atoms with Gasteiger partial charge in [0.2, 0.25) is 5.91 Å². The lowest BCUT2D eigenvalue weighted by Gasteiger charge is -2.11. The molecule has 3 unspecified atom stereocenters. The van der Waals surface area contributed by atoms with E-state index in [2.05, 4.69) is 12.2 Å². The second-order valence-corrected chi connectivity index (χ2v) is 4.07. The Labute approximate surface area is 85.2 Å². The van der Waals surface area contributed by atoms with Crippen molar-refractivity contribution in [2.24, 2.45) is 11.7 Å². The van der Waals surface area contributed by atoms with Gasteiger partial charge in [0, 0.05) is 19.8 Å². The van der Waals surface area contributed by atoms with Gasteiger partial charge in [0.25, 0.3) is 0 Å². The summed E-state index contributed by atoms with van der Waals surface area (Å²) in [4.78, 5) is 11.5. The van der Waals surface area contributed by atoms with E-state index in [4.69, 9.17) is 10.5 Å². The van der Waals surface area contributed by atoms with Crippen LogP contribution >= 0.6 is 0 Å². The number of rotatable bonds is 6. The van der Waals surface area contributed by atoms with Gasteiger partial charge < -0.3 is 15.8 Å². The van der Waals surface area contributed by atoms with Gasteiger partial charge in [-0.2, -0.15) is 0 Å². The quantitative estimate of drug-likeness (QED) is 0.605. The molecule has 1 rings (SSSR count). The highest BCUT2D eigenvalue weighted by atomic mass is 16.5. The highest BCUT2D eigenvalue weighted by Gasteiger charge is 2.34. The van der Waals surface area contributed by atoms with Crippen LogP contribution in [-0.4, -0.2) is 31.7 Å². The fraction of sp³-hybridized carbons (Fsp3) is 0.900. The Morgan fingerprint density at radius 1 is 1.71 bits per heavy atom. The number of nitrogens with two attached hydrogens (primary N) is 1. The number of carbonyl (C=O) groups is 1. The molecule has 1 saturated carbocycles. The van der Waals surface area contributed by atoms with E-state index < -0.39 is 0 Å². The minimum Gasteiger partial charge on any atom is -0.385 e. The Hall–Kier alpha value is -0.610. The highest BCUT2D eigenvalue weighted by molar-refractivity contribution is 5.82. The molecule has 0 radical (unpaired) electrons. The lowest BCUT2D eigenvalue weighted by molar-refractivity contribution is -0.122. The summed E-state index contributed by atoms with van der Waals surface area (Å²) >= 11 is 0. The van der Waals surface area contributed by atoms with Crippen LogP contribution in [0.2, 0.25) is 0 Å². The first-order chi connectivity index (χ1) is 6.65. The van der Waals surface area contributed by atoms with Gasteiger partial charge >= 0.3 is 0 Å². The summed E-state index contributed by atoms with van der Waals surface area (Å²) in [6.45, 7) is 2.79. The number of hydrogen-bond acceptors (Lipinski definition) is 3. The molecule has 0 aromatic heterocycles. The van der Waals surface area contributed by atoms with E-state index in [1.54, 1.807) is 7.11 Å². The minimum absolute atomic E-state index is 0.0181. The van der Waals surface area contributed by atoms with Crippen molar-refractivity contribution >= 4 is 5.91 Å². The molecular weight excluding hydrogens is 180 g/mol. The van der Waals surface area contributed by atoms with Crippen molar-refractivity contribution in [3.05, 3.63) is 0 Å². The standard InChI is InChI=1S/C10H20N2O2/c1-7-6-9(7)12-10(13)8(11)4-3-5-14-2/h7-9H,3-6,11H2,1-2H3,(H,12,13). The Bertz CT molecular complexity index is 197. The predicted molar refractivity (Wildman–Crippen MR) is 54.8 cm³/mol. The Kier molecular flexibility index (Phi) is 4.35. The largest absolute Gasteiger partial charge is 0.385 e. The van der Waals surface area contributed by atoms with Gasteiger partial charge in [0.05, 0.1) is 6.04 Å². The lowest BCUT2D eigenvalue weighted by atomic mass is 10.1. The van der Waals surface area contributed by atoms with E-state index in [9.17, 15) is 4.79 Å². The smallest absolute Gasteiger partial charge is 0.237 e. The third-order valence-electron chi connectivity index (χ3n) is 2.64. The molecule has 4 nitrogen and oxygen atoms in total. The molecule has 0 aromatic carbocycles. The summed E-state index contributed by atoms with van der Waals surface area (Å²) in [6.07, 6.45) is 2.63. The Morgan fingerprint density at radius 2 is 2.36 bits per heavy atom. The van der Waals surface area contributed by atoms with Crippen LogP contribution in [0.25, 0.3) is 0 Å². The molecule has 0 saturated heterocycles. The molecular formula is C10H20N2O2. The summed E-state index contributed by atoms with van der Waals surface area (Å²) in [5, 5.41) is 2.93. The zero-order valence-electron chi connectivity index (χ0n) is 8.95. The third-order valence-corrected chi connectivity index (χ3v) is 2.64. The normalized spacial score (nSPS) is 27.1. The number of amides is 1. The van der Waals surface area contributed by atoms with Crippen LogP contribution in [0.3, 0.4) is 0 Å². The van der Waals surface area contributed by atoms with E-state index in [0.717, 1.165) is 12.8 Å². The molecule has 1 amide bonds. The van der Waals surface area contributed by atoms with Crippen LogP contribution in [0.5, 0.6) is 0 Å². The molecule has 82 valence electrons. The zero-order chi connectivity index (χ0) is 10.6. The Morgan fingerprint density at radius 3 is 2.86 bits per heavy atom.